The van der Waals surface area contributed by atoms with E-state index < -0.39 is 0 Å². The van der Waals surface area contributed by atoms with Crippen LogP contribution in [0.1, 0.15) is 5.56 Å². The number of hydrogen-bond acceptors (Lipinski definition) is 1. The lowest BCUT2D eigenvalue weighted by Gasteiger charge is -2.08. The van der Waals surface area contributed by atoms with Crippen LogP contribution < -0.4 is 0 Å². The molecule has 0 radical (unpaired) electrons. The van der Waals surface area contributed by atoms with E-state index in [1.807, 2.05) is 11.3 Å². The van der Waals surface area contributed by atoms with Crippen LogP contribution in [0.15, 0.2) is 84.9 Å². The number of aryl methyl sites for hydroxylation is 1. The van der Waals surface area contributed by atoms with Gasteiger partial charge in [0.2, 0.25) is 0 Å². The number of nitrogens with zero attached hydrogens (tertiary/aromatic N) is 1. The van der Waals surface area contributed by atoms with Gasteiger partial charge in [-0.2, -0.15) is 0 Å². The summed E-state index contributed by atoms with van der Waals surface area (Å²) in [6, 6.07) is 30.9. The minimum Gasteiger partial charge on any atom is -0.309 e. The van der Waals surface area contributed by atoms with Crippen LogP contribution in [0.4, 0.5) is 0 Å². The lowest BCUT2D eigenvalue weighted by Crippen LogP contribution is -1.93. The van der Waals surface area contributed by atoms with Gasteiger partial charge < -0.3 is 4.57 Å². The van der Waals surface area contributed by atoms with Crippen molar-refractivity contribution in [2.45, 2.75) is 6.92 Å². The maximum absolute atomic E-state index is 2.39. The van der Waals surface area contributed by atoms with Gasteiger partial charge in [-0.1, -0.05) is 54.6 Å². The summed E-state index contributed by atoms with van der Waals surface area (Å²) in [6.45, 7) is 2.20. The Labute approximate surface area is 161 Å². The van der Waals surface area contributed by atoms with Gasteiger partial charge >= 0.3 is 0 Å². The standard InChI is InChI=1S/C25H17NS/c1-16-7-6-10-20-21-15-17(13-14-24(21)27-25(16)20)26-22-11-4-2-8-18(22)19-9-3-5-12-23(19)26/h2-15H,1H3. The van der Waals surface area contributed by atoms with Crippen LogP contribution in [0.5, 0.6) is 0 Å². The van der Waals surface area contributed by atoms with Crippen molar-refractivity contribution in [3.05, 3.63) is 90.5 Å². The molecule has 2 heterocycles. The average molecular weight is 363 g/mol. The highest BCUT2D eigenvalue weighted by Crippen LogP contribution is 2.38. The highest BCUT2D eigenvalue weighted by Gasteiger charge is 2.13. The second kappa shape index (κ2) is 5.45. The molecule has 0 aliphatic heterocycles. The largest absolute Gasteiger partial charge is 0.309 e. The lowest BCUT2D eigenvalue weighted by molar-refractivity contribution is 1.19. The van der Waals surface area contributed by atoms with Crippen molar-refractivity contribution in [3.8, 4) is 5.69 Å². The van der Waals surface area contributed by atoms with Crippen LogP contribution in [-0.4, -0.2) is 4.57 Å². The molecular formula is C25H17NS. The molecule has 0 aliphatic carbocycles. The van der Waals surface area contributed by atoms with Gasteiger partial charge in [0.25, 0.3) is 0 Å². The molecule has 0 spiro atoms. The molecule has 0 amide bonds. The van der Waals surface area contributed by atoms with Gasteiger partial charge in [0.05, 0.1) is 11.0 Å². The summed E-state index contributed by atoms with van der Waals surface area (Å²) in [6.07, 6.45) is 0. The molecular weight excluding hydrogens is 346 g/mol. The monoisotopic (exact) mass is 363 g/mol. The van der Waals surface area contributed by atoms with E-state index in [1.54, 1.807) is 0 Å². The highest BCUT2D eigenvalue weighted by atomic mass is 32.1. The Bertz CT molecular complexity index is 1430. The zero-order valence-electron chi connectivity index (χ0n) is 14.9. The molecule has 0 N–H and O–H groups in total. The van der Waals surface area contributed by atoms with Gasteiger partial charge in [-0.05, 0) is 42.8 Å². The van der Waals surface area contributed by atoms with Gasteiger partial charge in [0, 0.05) is 36.6 Å². The quantitative estimate of drug-likeness (QED) is 0.286. The van der Waals surface area contributed by atoms with Crippen molar-refractivity contribution < 1.29 is 0 Å². The predicted molar refractivity (Wildman–Crippen MR) is 118 cm³/mol. The topological polar surface area (TPSA) is 4.93 Å². The van der Waals surface area contributed by atoms with Crippen LogP contribution in [-0.2, 0) is 0 Å². The minimum atomic E-state index is 1.22. The summed E-state index contributed by atoms with van der Waals surface area (Å²) in [5.74, 6) is 0. The van der Waals surface area contributed by atoms with E-state index in [2.05, 4.69) is 96.4 Å². The van der Waals surface area contributed by atoms with Gasteiger partial charge in [0.1, 0.15) is 0 Å². The first-order valence-electron chi connectivity index (χ1n) is 9.22. The third kappa shape index (κ3) is 2.05. The smallest absolute Gasteiger partial charge is 0.0541 e. The number of fused-ring (bicyclic) bond motifs is 6. The van der Waals surface area contributed by atoms with Crippen LogP contribution in [0.2, 0.25) is 0 Å². The normalized spacial score (nSPS) is 11.9. The van der Waals surface area contributed by atoms with Gasteiger partial charge in [0.15, 0.2) is 0 Å². The van der Waals surface area contributed by atoms with Gasteiger partial charge in [-0.3, -0.25) is 0 Å². The van der Waals surface area contributed by atoms with Crippen molar-refractivity contribution in [3.63, 3.8) is 0 Å². The van der Waals surface area contributed by atoms with Crippen LogP contribution >= 0.6 is 11.3 Å². The lowest BCUT2D eigenvalue weighted by atomic mass is 10.1. The first-order valence-corrected chi connectivity index (χ1v) is 10.0. The molecule has 1 nitrogen and oxygen atoms in total. The molecule has 0 saturated heterocycles. The van der Waals surface area contributed by atoms with Crippen molar-refractivity contribution in [1.82, 2.24) is 4.57 Å². The molecule has 0 fully saturated rings. The van der Waals surface area contributed by atoms with E-state index >= 15 is 0 Å². The predicted octanol–water partition coefficient (Wildman–Crippen LogP) is 7.46. The Kier molecular flexibility index (Phi) is 3.03. The minimum absolute atomic E-state index is 1.22. The number of rotatable bonds is 1. The highest BCUT2D eigenvalue weighted by molar-refractivity contribution is 7.26. The molecule has 0 atom stereocenters. The molecule has 6 rings (SSSR count). The second-order valence-corrected chi connectivity index (χ2v) is 8.16. The Balaban J connectivity index is 1.75. The van der Waals surface area contributed by atoms with E-state index in [-0.39, 0.29) is 0 Å². The third-order valence-electron chi connectivity index (χ3n) is 5.52. The molecule has 0 bridgehead atoms. The fraction of sp³-hybridized carbons (Fsp3) is 0.0400. The molecule has 6 aromatic rings. The maximum atomic E-state index is 2.39. The number of thiophene rings is 1. The van der Waals surface area contributed by atoms with E-state index in [1.165, 1.54) is 53.2 Å². The van der Waals surface area contributed by atoms with E-state index in [9.17, 15) is 0 Å². The Morgan fingerprint density at radius 1 is 0.630 bits per heavy atom. The molecule has 27 heavy (non-hydrogen) atoms. The van der Waals surface area contributed by atoms with E-state index in [4.69, 9.17) is 0 Å². The molecule has 4 aromatic carbocycles. The fourth-order valence-electron chi connectivity index (χ4n) is 4.27. The van der Waals surface area contributed by atoms with Gasteiger partial charge in [-0.15, -0.1) is 11.3 Å². The summed E-state index contributed by atoms with van der Waals surface area (Å²) < 4.78 is 5.14. The molecule has 128 valence electrons. The molecule has 2 aromatic heterocycles. The summed E-state index contributed by atoms with van der Waals surface area (Å²) in [5.41, 5.74) is 5.09. The fourth-order valence-corrected chi connectivity index (χ4v) is 5.42. The summed E-state index contributed by atoms with van der Waals surface area (Å²) in [5, 5.41) is 5.31. The zero-order chi connectivity index (χ0) is 18.0. The molecule has 0 unspecified atom stereocenters. The Morgan fingerprint density at radius 2 is 1.30 bits per heavy atom. The molecule has 0 saturated carbocycles. The van der Waals surface area contributed by atoms with E-state index in [0.717, 1.165) is 0 Å². The van der Waals surface area contributed by atoms with Crippen molar-refractivity contribution in [2.24, 2.45) is 0 Å². The average Bonchev–Trinajstić information content (AvgIpc) is 3.24. The summed E-state index contributed by atoms with van der Waals surface area (Å²) in [4.78, 5) is 0. The van der Waals surface area contributed by atoms with Crippen molar-refractivity contribution in [2.75, 3.05) is 0 Å². The zero-order valence-corrected chi connectivity index (χ0v) is 15.8. The second-order valence-electron chi connectivity index (χ2n) is 7.10. The van der Waals surface area contributed by atoms with E-state index in [0.29, 0.717) is 0 Å². The number of hydrogen-bond donors (Lipinski definition) is 0. The SMILES string of the molecule is Cc1cccc2c1sc1ccc(-n3c4ccccc4c4ccccc43)cc12. The van der Waals surface area contributed by atoms with Crippen molar-refractivity contribution >= 4 is 53.3 Å². The van der Waals surface area contributed by atoms with Gasteiger partial charge in [-0.25, -0.2) is 0 Å². The third-order valence-corrected chi connectivity index (χ3v) is 6.84. The first kappa shape index (κ1) is 15.0. The Hall–Kier alpha value is -3.10. The van der Waals surface area contributed by atoms with Crippen LogP contribution in [0.3, 0.4) is 0 Å². The number of para-hydroxylation sites is 2. The Morgan fingerprint density at radius 3 is 2.04 bits per heavy atom. The van der Waals surface area contributed by atoms with Crippen molar-refractivity contribution in [1.29, 1.82) is 0 Å². The molecule has 2 heteroatoms. The summed E-state index contributed by atoms with van der Waals surface area (Å²) in [7, 11) is 0. The first-order chi connectivity index (χ1) is 13.3. The number of aromatic nitrogens is 1. The maximum Gasteiger partial charge on any atom is 0.0541 e. The summed E-state index contributed by atoms with van der Waals surface area (Å²) >= 11 is 1.89. The van der Waals surface area contributed by atoms with Crippen LogP contribution in [0, 0.1) is 6.92 Å². The number of benzene rings is 4. The molecule has 0 aliphatic rings. The van der Waals surface area contributed by atoms with Crippen LogP contribution in [0.25, 0.3) is 47.7 Å².